The molecule has 5 aromatic carbocycles. The predicted octanol–water partition coefficient (Wildman–Crippen LogP) is 10.5. The lowest BCUT2D eigenvalue weighted by Gasteiger charge is -2.27. The molecule has 0 spiro atoms. The number of carbonyl (C=O) groups is 14. The highest BCUT2D eigenvalue weighted by Crippen LogP contribution is 2.37. The number of rotatable bonds is 40. The summed E-state index contributed by atoms with van der Waals surface area (Å²) in [4.78, 5) is 168. The largest absolute Gasteiger partial charge is 0.493 e. The van der Waals surface area contributed by atoms with Gasteiger partial charge in [0, 0.05) is 107 Å². The molecule has 0 saturated carbocycles. The van der Waals surface area contributed by atoms with Crippen LogP contribution in [0.15, 0.2) is 121 Å². The van der Waals surface area contributed by atoms with Crippen LogP contribution in [0.25, 0.3) is 28.8 Å². The quantitative estimate of drug-likeness (QED) is 0.0180. The van der Waals surface area contributed by atoms with E-state index >= 15 is 0 Å². The Morgan fingerprint density at radius 1 is 0.331 bits per heavy atom. The van der Waals surface area contributed by atoms with Gasteiger partial charge < -0.3 is 73.4 Å². The number of allylic oxidation sites excluding steroid dienone is 5. The summed E-state index contributed by atoms with van der Waals surface area (Å²) in [6, 6.07) is 24.6. The van der Waals surface area contributed by atoms with E-state index in [1.807, 2.05) is 6.92 Å². The number of methoxy groups -OCH3 is 2. The normalized spacial score (nSPS) is 14.3. The summed E-state index contributed by atoms with van der Waals surface area (Å²) in [5.74, 6) is -6.30. The number of fused-ring (bicyclic) bond motifs is 5. The topological polar surface area (TPSA) is 438 Å². The number of hydrogen-bond donors (Lipinski definition) is 5. The number of carbonyl (C=O) groups excluding carboxylic acids is 14. The number of nitrogens with zero attached hydrogens (tertiary/aromatic N) is 1. The van der Waals surface area contributed by atoms with Crippen LogP contribution in [-0.2, 0) is 105 Å². The fourth-order valence-electron chi connectivity index (χ4n) is 12.9. The molecule has 0 atom stereocenters. The maximum Gasteiger partial charge on any atom is 0.235 e. The first-order valence-electron chi connectivity index (χ1n) is 40.4. The zero-order valence-electron chi connectivity index (χ0n) is 71.0. The highest BCUT2D eigenvalue weighted by molar-refractivity contribution is 7.92. The molecular formula is C90H106N6O27S. The Bertz CT molecular complexity index is 5030. The second-order valence-corrected chi connectivity index (χ2v) is 30.0. The monoisotopic (exact) mass is 1730 g/mol. The number of amides is 4. The number of piperidine rings is 1. The molecule has 33 nitrogen and oxygen atoms in total. The number of likely N-dealkylation sites (tertiary alicyclic amines) is 1. The van der Waals surface area contributed by atoms with Crippen LogP contribution in [0.4, 0.5) is 28.4 Å². The molecule has 5 N–H and O–H groups in total. The van der Waals surface area contributed by atoms with Crippen molar-refractivity contribution in [3.05, 3.63) is 177 Å². The number of anilines is 5. The zero-order valence-corrected chi connectivity index (χ0v) is 71.8. The third kappa shape index (κ3) is 30.4. The summed E-state index contributed by atoms with van der Waals surface area (Å²) >= 11 is 0. The van der Waals surface area contributed by atoms with Crippen LogP contribution in [0.1, 0.15) is 179 Å². The highest BCUT2D eigenvalue weighted by atomic mass is 32.2. The first kappa shape index (κ1) is 99.0. The molecule has 124 heavy (non-hydrogen) atoms. The fraction of sp³-hybridized carbons (Fsp3) is 0.400. The molecular weight excluding hydrogens is 1630 g/mol. The molecule has 11 rings (SSSR count). The first-order valence-corrected chi connectivity index (χ1v) is 42.3. The molecule has 1 aliphatic heterocycles. The van der Waals surface area contributed by atoms with Gasteiger partial charge in [0.25, 0.3) is 0 Å². The number of Topliss-reactive ketones (excluding diaryl/α,β-unsaturated/α-hetero) is 5. The minimum absolute atomic E-state index is 0.0407. The number of hydrogen-bond acceptors (Lipinski definition) is 28. The van der Waals surface area contributed by atoms with E-state index < -0.39 is 67.9 Å². The first-order chi connectivity index (χ1) is 59.5. The van der Waals surface area contributed by atoms with Gasteiger partial charge >= 0.3 is 0 Å². The summed E-state index contributed by atoms with van der Waals surface area (Å²) in [7, 11) is -0.372. The van der Waals surface area contributed by atoms with Crippen LogP contribution < -0.4 is 26.0 Å². The smallest absolute Gasteiger partial charge is 0.235 e. The number of benzene rings is 5. The maximum atomic E-state index is 12.3. The van der Waals surface area contributed by atoms with Gasteiger partial charge in [-0.25, -0.2) is 8.42 Å². The molecule has 1 fully saturated rings. The molecule has 4 amide bonds. The van der Waals surface area contributed by atoms with Crippen LogP contribution in [0.2, 0.25) is 0 Å². The minimum Gasteiger partial charge on any atom is -0.493 e. The number of ether oxygens (including phenoxy) is 11. The van der Waals surface area contributed by atoms with Crippen molar-refractivity contribution >= 4 is 149 Å². The van der Waals surface area contributed by atoms with Gasteiger partial charge in [0.05, 0.1) is 142 Å². The summed E-state index contributed by atoms with van der Waals surface area (Å²) in [5, 5.41) is 10.3. The molecule has 664 valence electrons. The van der Waals surface area contributed by atoms with Gasteiger partial charge in [0.1, 0.15) is 48.6 Å². The van der Waals surface area contributed by atoms with Crippen molar-refractivity contribution in [2.45, 2.75) is 99.3 Å². The SMILES string of the molecule is CC(=O)Nc1cccc2c1C(=O)C(=O)C=C2OCCN1CCCCC1.CCCCCCOC1=CC(=O)C(=O)c2c(NS(C)(=O)=O)cccc21.CCCCOC1=CC(=O)C(=O)c2c(NC(C)=O)cccc21.COCCOCCOC1=CC(=O)C(=O)c2c(NC(C)=O)cccc21.COCCOCCOCCOCCOC1=CC(=O)C(=O)c2c(NC(C)=O)cccc21. The maximum absolute atomic E-state index is 12.3. The van der Waals surface area contributed by atoms with Gasteiger partial charge in [-0.3, -0.25) is 76.7 Å². The summed E-state index contributed by atoms with van der Waals surface area (Å²) in [6.07, 6.45) is 16.6. The third-order valence-electron chi connectivity index (χ3n) is 18.5. The summed E-state index contributed by atoms with van der Waals surface area (Å²) in [5.41, 5.74) is 4.54. The van der Waals surface area contributed by atoms with Gasteiger partial charge in [0.15, 0.2) is 0 Å². The van der Waals surface area contributed by atoms with E-state index in [1.165, 1.54) is 71.3 Å². The van der Waals surface area contributed by atoms with Crippen LogP contribution >= 0.6 is 0 Å². The van der Waals surface area contributed by atoms with E-state index in [2.05, 4.69) is 37.8 Å². The molecule has 6 aliphatic rings. The van der Waals surface area contributed by atoms with Crippen LogP contribution in [0.5, 0.6) is 0 Å². The van der Waals surface area contributed by atoms with Crippen LogP contribution in [0.3, 0.4) is 0 Å². The zero-order chi connectivity index (χ0) is 90.3. The van der Waals surface area contributed by atoms with Gasteiger partial charge in [-0.2, -0.15) is 0 Å². The number of nitrogens with one attached hydrogen (secondary N) is 5. The van der Waals surface area contributed by atoms with E-state index in [1.54, 1.807) is 99.1 Å². The van der Waals surface area contributed by atoms with Crippen LogP contribution in [-0.4, -0.2) is 234 Å². The van der Waals surface area contributed by atoms with Gasteiger partial charge in [-0.05, 0) is 69.1 Å². The lowest BCUT2D eigenvalue weighted by Crippen LogP contribution is -2.32. The van der Waals surface area contributed by atoms with Crippen molar-refractivity contribution in [1.29, 1.82) is 0 Å². The van der Waals surface area contributed by atoms with Crippen molar-refractivity contribution in [2.24, 2.45) is 0 Å². The Kier molecular flexibility index (Phi) is 40.8. The van der Waals surface area contributed by atoms with E-state index in [4.69, 9.17) is 52.1 Å². The number of ketones is 10. The lowest BCUT2D eigenvalue weighted by molar-refractivity contribution is -0.115. The predicted molar refractivity (Wildman–Crippen MR) is 461 cm³/mol. The standard InChI is InChI=1S/C21H27NO8.C19H22N2O4.C17H19NO6.C17H21NO5S.C16H17NO4/c1-15(23)22-17-5-3-4-16-19(14-18(24)21(25)20(16)17)30-13-12-29-11-10-28-9-8-27-7-6-26-2;1-13(22)20-15-7-5-6-14-17(12-16(23)19(24)18(14)15)25-11-10-21-8-3-2-4-9-21;1-11(19)18-13-5-3-4-12-15(10-14(20)17(21)16(12)13)24-9-8-23-7-6-22-2;1-3-4-5-6-10-23-15-11-14(19)17(20)16-12(15)8-7-9-13(16)18-24(2,21)22;1-3-4-8-21-14-9-13(19)16(20)15-11(14)6-5-7-12(15)17-10(2)18/h3-5,14H,6-13H2,1-2H3,(H,22,23);5-7,12H,2-4,8-11H2,1H3,(H,20,22);3-5,10H,6-9H2,1-2H3,(H,18,19);7-9,11,18H,3-6,10H2,1-2H3;5-7,9H,3-4,8H2,1-2H3,(H,17,18). The number of sulfonamides is 1. The number of unbranched alkanes of at least 4 members (excludes halogenated alkanes) is 4. The van der Waals surface area contributed by atoms with Gasteiger partial charge in [-0.1, -0.05) is 107 Å². The molecule has 1 saturated heterocycles. The Balaban J connectivity index is 0.000000214. The average molecular weight is 1740 g/mol. The second-order valence-electron chi connectivity index (χ2n) is 28.2. The molecule has 0 radical (unpaired) electrons. The minimum atomic E-state index is -3.57. The van der Waals surface area contributed by atoms with Gasteiger partial charge in [-0.15, -0.1) is 0 Å². The molecule has 5 aliphatic carbocycles. The molecule has 5 aromatic rings. The molecule has 34 heteroatoms. The van der Waals surface area contributed by atoms with E-state index in [-0.39, 0.29) is 94.2 Å². The third-order valence-corrected chi connectivity index (χ3v) is 19.0. The summed E-state index contributed by atoms with van der Waals surface area (Å²) in [6.45, 7) is 18.7. The molecule has 0 aromatic heterocycles. The highest BCUT2D eigenvalue weighted by Gasteiger charge is 2.35. The molecule has 0 bridgehead atoms. The molecule has 1 heterocycles. The van der Waals surface area contributed by atoms with E-state index in [0.717, 1.165) is 76.6 Å². The van der Waals surface area contributed by atoms with Crippen molar-refractivity contribution in [1.82, 2.24) is 4.90 Å². The second kappa shape index (κ2) is 51.1. The van der Waals surface area contributed by atoms with Crippen LogP contribution in [0, 0.1) is 0 Å². The fourth-order valence-corrected chi connectivity index (χ4v) is 13.4. The van der Waals surface area contributed by atoms with Crippen molar-refractivity contribution in [3.8, 4) is 0 Å². The van der Waals surface area contributed by atoms with Gasteiger partial charge in [0.2, 0.25) is 91.5 Å². The molecule has 0 unspecified atom stereocenters. The Morgan fingerprint density at radius 2 is 0.597 bits per heavy atom. The lowest BCUT2D eigenvalue weighted by atomic mass is 9.92. The Labute approximate surface area is 719 Å². The van der Waals surface area contributed by atoms with E-state index in [0.29, 0.717) is 141 Å². The average Bonchev–Trinajstić information content (AvgIpc) is 0.850. The Hall–Kier alpha value is -12.2. The van der Waals surface area contributed by atoms with Crippen molar-refractivity contribution < 1.29 is 128 Å². The van der Waals surface area contributed by atoms with Crippen molar-refractivity contribution in [3.63, 3.8) is 0 Å². The Morgan fingerprint density at radius 3 is 0.887 bits per heavy atom. The summed E-state index contributed by atoms with van der Waals surface area (Å²) < 4.78 is 84.6. The van der Waals surface area contributed by atoms with E-state index in [9.17, 15) is 75.5 Å². The van der Waals surface area contributed by atoms with Crippen molar-refractivity contribution in [2.75, 3.05) is 165 Å².